The van der Waals surface area contributed by atoms with Crippen LogP contribution in [-0.2, 0) is 20.0 Å². The SMILES string of the molecule is Cc1ccc(Cl)cc1S(=O)(=O)Nc1cccc(S(=O)(=O)N(C)c2ccccc2)c1. The Morgan fingerprint density at radius 1 is 0.862 bits per heavy atom. The first-order chi connectivity index (χ1) is 13.6. The van der Waals surface area contributed by atoms with Crippen molar-refractivity contribution < 1.29 is 16.8 Å². The van der Waals surface area contributed by atoms with Crippen molar-refractivity contribution in [3.8, 4) is 0 Å². The molecule has 29 heavy (non-hydrogen) atoms. The fraction of sp³-hybridized carbons (Fsp3) is 0.100. The summed E-state index contributed by atoms with van der Waals surface area (Å²) in [4.78, 5) is -0.00784. The largest absolute Gasteiger partial charge is 0.280 e. The van der Waals surface area contributed by atoms with Gasteiger partial charge in [0, 0.05) is 12.1 Å². The maximum Gasteiger partial charge on any atom is 0.264 e. The zero-order valence-electron chi connectivity index (χ0n) is 15.7. The summed E-state index contributed by atoms with van der Waals surface area (Å²) in [7, 11) is -6.37. The molecule has 0 saturated heterocycles. The molecule has 0 saturated carbocycles. The van der Waals surface area contributed by atoms with Crippen molar-refractivity contribution in [1.29, 1.82) is 0 Å². The minimum atomic E-state index is -3.94. The number of anilines is 2. The third-order valence-electron chi connectivity index (χ3n) is 4.30. The fourth-order valence-electron chi connectivity index (χ4n) is 2.73. The molecule has 3 aromatic carbocycles. The molecule has 0 amide bonds. The predicted octanol–water partition coefficient (Wildman–Crippen LogP) is 4.27. The standard InChI is InChI=1S/C20H19ClN2O4S2/c1-15-11-12-16(21)13-20(15)28(24,25)22-17-7-6-10-19(14-17)29(26,27)23(2)18-8-4-3-5-9-18/h3-14,22H,1-2H3. The van der Waals surface area contributed by atoms with Crippen LogP contribution in [0.4, 0.5) is 11.4 Å². The lowest BCUT2D eigenvalue weighted by Crippen LogP contribution is -2.26. The highest BCUT2D eigenvalue weighted by Crippen LogP contribution is 2.26. The highest BCUT2D eigenvalue weighted by molar-refractivity contribution is 7.93. The lowest BCUT2D eigenvalue weighted by atomic mass is 10.2. The van der Waals surface area contributed by atoms with Gasteiger partial charge in [0.15, 0.2) is 0 Å². The molecule has 0 unspecified atom stereocenters. The van der Waals surface area contributed by atoms with Crippen LogP contribution in [0.25, 0.3) is 0 Å². The molecule has 0 atom stereocenters. The van der Waals surface area contributed by atoms with Crippen molar-refractivity contribution in [2.75, 3.05) is 16.1 Å². The average Bonchev–Trinajstić information content (AvgIpc) is 2.69. The number of para-hydroxylation sites is 1. The maximum atomic E-state index is 13.0. The molecule has 152 valence electrons. The van der Waals surface area contributed by atoms with Crippen molar-refractivity contribution in [2.24, 2.45) is 0 Å². The van der Waals surface area contributed by atoms with Crippen LogP contribution < -0.4 is 9.03 Å². The number of nitrogens with one attached hydrogen (secondary N) is 1. The molecule has 0 aromatic heterocycles. The summed E-state index contributed by atoms with van der Waals surface area (Å²) in [6.07, 6.45) is 0. The van der Waals surface area contributed by atoms with E-state index in [4.69, 9.17) is 11.6 Å². The van der Waals surface area contributed by atoms with E-state index >= 15 is 0 Å². The van der Waals surface area contributed by atoms with Crippen LogP contribution in [0.3, 0.4) is 0 Å². The van der Waals surface area contributed by atoms with Gasteiger partial charge in [-0.3, -0.25) is 9.03 Å². The van der Waals surface area contributed by atoms with Crippen LogP contribution in [0.5, 0.6) is 0 Å². The van der Waals surface area contributed by atoms with Gasteiger partial charge in [0.05, 0.1) is 21.2 Å². The first kappa shape index (κ1) is 21.2. The number of halogens is 1. The summed E-state index contributed by atoms with van der Waals surface area (Å²) in [5, 5.41) is 0.289. The number of hydrogen-bond donors (Lipinski definition) is 1. The van der Waals surface area contributed by atoms with Gasteiger partial charge in [0.2, 0.25) is 0 Å². The Hall–Kier alpha value is -2.55. The number of aryl methyl sites for hydroxylation is 1. The van der Waals surface area contributed by atoms with E-state index in [0.29, 0.717) is 11.3 Å². The molecule has 3 rings (SSSR count). The molecule has 0 aliphatic heterocycles. The number of benzene rings is 3. The molecule has 0 aliphatic rings. The van der Waals surface area contributed by atoms with Crippen molar-refractivity contribution in [3.63, 3.8) is 0 Å². The van der Waals surface area contributed by atoms with Gasteiger partial charge in [-0.15, -0.1) is 0 Å². The van der Waals surface area contributed by atoms with Crippen LogP contribution in [0.2, 0.25) is 5.02 Å². The number of sulfonamides is 2. The molecular weight excluding hydrogens is 432 g/mol. The van der Waals surface area contributed by atoms with Crippen LogP contribution in [0.1, 0.15) is 5.56 Å². The molecule has 6 nitrogen and oxygen atoms in total. The second-order valence-corrected chi connectivity index (χ2v) is 10.4. The average molecular weight is 451 g/mol. The molecule has 0 fully saturated rings. The van der Waals surface area contributed by atoms with Gasteiger partial charge in [-0.1, -0.05) is 41.9 Å². The van der Waals surface area contributed by atoms with Gasteiger partial charge in [0.25, 0.3) is 20.0 Å². The molecule has 0 heterocycles. The maximum absolute atomic E-state index is 13.0. The highest BCUT2D eigenvalue weighted by atomic mass is 35.5. The van der Waals surface area contributed by atoms with Gasteiger partial charge in [-0.05, 0) is 55.0 Å². The molecular formula is C20H19ClN2O4S2. The predicted molar refractivity (Wildman–Crippen MR) is 115 cm³/mol. The minimum absolute atomic E-state index is 0.0275. The number of rotatable bonds is 6. The summed E-state index contributed by atoms with van der Waals surface area (Å²) in [5.41, 5.74) is 1.15. The van der Waals surface area contributed by atoms with Gasteiger partial charge in [-0.2, -0.15) is 0 Å². The monoisotopic (exact) mass is 450 g/mol. The van der Waals surface area contributed by atoms with Crippen LogP contribution in [0, 0.1) is 6.92 Å². The van der Waals surface area contributed by atoms with Gasteiger partial charge >= 0.3 is 0 Å². The Bertz CT molecular complexity index is 1240. The Labute approximate surface area is 175 Å². The zero-order chi connectivity index (χ0) is 21.2. The Kier molecular flexibility index (Phi) is 5.88. The molecule has 9 heteroatoms. The Balaban J connectivity index is 1.95. The van der Waals surface area contributed by atoms with E-state index in [0.717, 1.165) is 4.31 Å². The summed E-state index contributed by atoms with van der Waals surface area (Å²) in [5.74, 6) is 0. The summed E-state index contributed by atoms with van der Waals surface area (Å²) >= 11 is 5.93. The minimum Gasteiger partial charge on any atom is -0.280 e. The van der Waals surface area contributed by atoms with Crippen LogP contribution in [-0.4, -0.2) is 23.9 Å². The lowest BCUT2D eigenvalue weighted by molar-refractivity contribution is 0.593. The Morgan fingerprint density at radius 2 is 1.55 bits per heavy atom. The van der Waals surface area contributed by atoms with Crippen LogP contribution in [0.15, 0.2) is 82.6 Å². The van der Waals surface area contributed by atoms with Crippen molar-refractivity contribution in [1.82, 2.24) is 0 Å². The van der Waals surface area contributed by atoms with E-state index in [-0.39, 0.29) is 20.5 Å². The van der Waals surface area contributed by atoms with E-state index in [1.165, 1.54) is 37.4 Å². The smallest absolute Gasteiger partial charge is 0.264 e. The van der Waals surface area contributed by atoms with Gasteiger partial charge in [0.1, 0.15) is 0 Å². The van der Waals surface area contributed by atoms with E-state index < -0.39 is 20.0 Å². The second-order valence-electron chi connectivity index (χ2n) is 6.35. The summed E-state index contributed by atoms with van der Waals surface area (Å²) in [6, 6.07) is 18.8. The van der Waals surface area contributed by atoms with Crippen molar-refractivity contribution in [3.05, 3.63) is 83.4 Å². The van der Waals surface area contributed by atoms with Gasteiger partial charge < -0.3 is 0 Å². The molecule has 0 aliphatic carbocycles. The van der Waals surface area contributed by atoms with E-state index in [1.54, 1.807) is 49.4 Å². The normalized spacial score (nSPS) is 11.8. The quantitative estimate of drug-likeness (QED) is 0.607. The van der Waals surface area contributed by atoms with Crippen molar-refractivity contribution in [2.45, 2.75) is 16.7 Å². The molecule has 0 bridgehead atoms. The summed E-state index contributed by atoms with van der Waals surface area (Å²) < 4.78 is 55.0. The third kappa shape index (κ3) is 4.55. The molecule has 3 aromatic rings. The molecule has 0 spiro atoms. The Morgan fingerprint density at radius 3 is 2.24 bits per heavy atom. The van der Waals surface area contributed by atoms with Crippen molar-refractivity contribution >= 4 is 43.0 Å². The number of hydrogen-bond acceptors (Lipinski definition) is 4. The second kappa shape index (κ2) is 8.06. The highest BCUT2D eigenvalue weighted by Gasteiger charge is 2.23. The third-order valence-corrected chi connectivity index (χ3v) is 7.84. The van der Waals surface area contributed by atoms with Crippen LogP contribution >= 0.6 is 11.6 Å². The molecule has 1 N–H and O–H groups in total. The topological polar surface area (TPSA) is 83.5 Å². The zero-order valence-corrected chi connectivity index (χ0v) is 18.1. The van der Waals surface area contributed by atoms with Gasteiger partial charge in [-0.25, -0.2) is 16.8 Å². The lowest BCUT2D eigenvalue weighted by Gasteiger charge is -2.20. The van der Waals surface area contributed by atoms with E-state index in [1.807, 2.05) is 0 Å². The molecule has 0 radical (unpaired) electrons. The fourth-order valence-corrected chi connectivity index (χ4v) is 5.53. The summed E-state index contributed by atoms with van der Waals surface area (Å²) in [6.45, 7) is 1.65. The first-order valence-electron chi connectivity index (χ1n) is 8.54. The van der Waals surface area contributed by atoms with E-state index in [2.05, 4.69) is 4.72 Å². The van der Waals surface area contributed by atoms with E-state index in [9.17, 15) is 16.8 Å². The number of nitrogens with zero attached hydrogens (tertiary/aromatic N) is 1. The first-order valence-corrected chi connectivity index (χ1v) is 11.8.